The number of para-hydroxylation sites is 2. The van der Waals surface area contributed by atoms with Crippen molar-refractivity contribution in [3.8, 4) is 5.75 Å². The summed E-state index contributed by atoms with van der Waals surface area (Å²) in [5.41, 5.74) is 11.4. The monoisotopic (exact) mass is 487 g/mol. The standard InChI is InChI=1S/C30H25N5O2/c1-37-21-15-13-19(14-16-21)17-18-35-28(31)26(27-29(35)33-25-11-5-4-10-24(25)32-27)30(36)34-23-12-6-8-20-7-2-3-9-22(20)23/h2-16H,17-18,31H2,1H3,(H,34,36). The average Bonchev–Trinajstić information content (AvgIpc) is 3.20. The van der Waals surface area contributed by atoms with E-state index >= 15 is 0 Å². The van der Waals surface area contributed by atoms with Gasteiger partial charge in [0.2, 0.25) is 0 Å². The number of amides is 1. The first-order valence-corrected chi connectivity index (χ1v) is 12.1. The maximum absolute atomic E-state index is 13.7. The second kappa shape index (κ2) is 9.28. The lowest BCUT2D eigenvalue weighted by Crippen LogP contribution is -2.15. The summed E-state index contributed by atoms with van der Waals surface area (Å²) < 4.78 is 7.15. The highest BCUT2D eigenvalue weighted by Gasteiger charge is 2.24. The van der Waals surface area contributed by atoms with Crippen LogP contribution in [0.15, 0.2) is 91.0 Å². The SMILES string of the molecule is COc1ccc(CCn2c(N)c(C(=O)Nc3cccc4ccccc34)c3nc4ccccc4nc32)cc1. The van der Waals surface area contributed by atoms with Gasteiger partial charge in [-0.2, -0.15) is 0 Å². The molecule has 0 spiro atoms. The maximum atomic E-state index is 13.7. The quantitative estimate of drug-likeness (QED) is 0.309. The Labute approximate surface area is 213 Å². The summed E-state index contributed by atoms with van der Waals surface area (Å²) in [4.78, 5) is 23.4. The third-order valence-electron chi connectivity index (χ3n) is 6.64. The number of nitrogens with zero attached hydrogens (tertiary/aromatic N) is 3. The van der Waals surface area contributed by atoms with E-state index in [1.54, 1.807) is 7.11 Å². The highest BCUT2D eigenvalue weighted by Crippen LogP contribution is 2.30. The van der Waals surface area contributed by atoms with E-state index in [2.05, 4.69) is 5.32 Å². The molecule has 182 valence electrons. The van der Waals surface area contributed by atoms with Gasteiger partial charge in [-0.05, 0) is 47.7 Å². The largest absolute Gasteiger partial charge is 0.497 e. The highest BCUT2D eigenvalue weighted by molar-refractivity contribution is 6.17. The molecule has 2 aromatic heterocycles. The van der Waals surface area contributed by atoms with Gasteiger partial charge in [0.05, 0.1) is 18.1 Å². The van der Waals surface area contributed by atoms with Crippen molar-refractivity contribution in [3.05, 3.63) is 102 Å². The molecule has 0 saturated carbocycles. The molecule has 0 bridgehead atoms. The third kappa shape index (κ3) is 4.10. The van der Waals surface area contributed by atoms with Crippen LogP contribution in [0.3, 0.4) is 0 Å². The molecule has 37 heavy (non-hydrogen) atoms. The van der Waals surface area contributed by atoms with Gasteiger partial charge in [0.25, 0.3) is 5.91 Å². The van der Waals surface area contributed by atoms with Gasteiger partial charge in [0, 0.05) is 17.6 Å². The fraction of sp³-hybridized carbons (Fsp3) is 0.100. The number of anilines is 2. The number of hydrogen-bond acceptors (Lipinski definition) is 5. The Hall–Kier alpha value is -4.91. The topological polar surface area (TPSA) is 95.1 Å². The molecule has 6 aromatic rings. The van der Waals surface area contributed by atoms with Crippen LogP contribution >= 0.6 is 0 Å². The third-order valence-corrected chi connectivity index (χ3v) is 6.64. The number of carbonyl (C=O) groups excluding carboxylic acids is 1. The van der Waals surface area contributed by atoms with Gasteiger partial charge in [-0.25, -0.2) is 9.97 Å². The Balaban J connectivity index is 1.43. The first-order chi connectivity index (χ1) is 18.1. The first kappa shape index (κ1) is 22.5. The predicted molar refractivity (Wildman–Crippen MR) is 148 cm³/mol. The number of nitrogen functional groups attached to an aromatic ring is 1. The van der Waals surface area contributed by atoms with E-state index in [1.807, 2.05) is 95.6 Å². The zero-order chi connectivity index (χ0) is 25.4. The van der Waals surface area contributed by atoms with E-state index in [1.165, 1.54) is 0 Å². The van der Waals surface area contributed by atoms with E-state index in [0.29, 0.717) is 41.0 Å². The van der Waals surface area contributed by atoms with Gasteiger partial charge in [0.1, 0.15) is 22.6 Å². The first-order valence-electron chi connectivity index (χ1n) is 12.1. The Morgan fingerprint density at radius 1 is 0.892 bits per heavy atom. The molecule has 0 saturated heterocycles. The molecule has 2 heterocycles. The summed E-state index contributed by atoms with van der Waals surface area (Å²) in [6, 6.07) is 29.3. The fourth-order valence-corrected chi connectivity index (χ4v) is 4.72. The molecular formula is C30H25N5O2. The summed E-state index contributed by atoms with van der Waals surface area (Å²) >= 11 is 0. The molecule has 1 amide bonds. The van der Waals surface area contributed by atoms with Gasteiger partial charge >= 0.3 is 0 Å². The van der Waals surface area contributed by atoms with E-state index in [0.717, 1.165) is 33.3 Å². The normalized spacial score (nSPS) is 11.3. The number of nitrogens with one attached hydrogen (secondary N) is 1. The van der Waals surface area contributed by atoms with E-state index in [4.69, 9.17) is 20.4 Å². The minimum Gasteiger partial charge on any atom is -0.497 e. The minimum absolute atomic E-state index is 0.313. The maximum Gasteiger partial charge on any atom is 0.261 e. The van der Waals surface area contributed by atoms with Gasteiger partial charge < -0.3 is 20.4 Å². The molecule has 6 rings (SSSR count). The van der Waals surface area contributed by atoms with Crippen molar-refractivity contribution in [2.75, 3.05) is 18.2 Å². The van der Waals surface area contributed by atoms with Crippen LogP contribution in [-0.4, -0.2) is 27.6 Å². The van der Waals surface area contributed by atoms with Crippen molar-refractivity contribution in [2.45, 2.75) is 13.0 Å². The number of carbonyl (C=O) groups is 1. The van der Waals surface area contributed by atoms with E-state index < -0.39 is 0 Å². The molecule has 0 radical (unpaired) electrons. The number of benzene rings is 4. The minimum atomic E-state index is -0.313. The van der Waals surface area contributed by atoms with Gasteiger partial charge in [-0.1, -0.05) is 60.7 Å². The van der Waals surface area contributed by atoms with Crippen molar-refractivity contribution >= 4 is 50.4 Å². The summed E-state index contributed by atoms with van der Waals surface area (Å²) in [6.07, 6.45) is 0.705. The summed E-state index contributed by atoms with van der Waals surface area (Å²) in [6.45, 7) is 0.545. The number of ether oxygens (including phenoxy) is 1. The van der Waals surface area contributed by atoms with Gasteiger partial charge in [-0.15, -0.1) is 0 Å². The lowest BCUT2D eigenvalue weighted by Gasteiger charge is -2.10. The van der Waals surface area contributed by atoms with Crippen LogP contribution in [0.25, 0.3) is 33.0 Å². The zero-order valence-corrected chi connectivity index (χ0v) is 20.3. The van der Waals surface area contributed by atoms with Crippen LogP contribution in [0.4, 0.5) is 11.5 Å². The van der Waals surface area contributed by atoms with Crippen molar-refractivity contribution in [1.29, 1.82) is 0 Å². The Kier molecular flexibility index (Phi) is 5.65. The van der Waals surface area contributed by atoms with E-state index in [-0.39, 0.29) is 5.91 Å². The number of methoxy groups -OCH3 is 1. The van der Waals surface area contributed by atoms with Crippen LogP contribution in [0.5, 0.6) is 5.75 Å². The molecular weight excluding hydrogens is 462 g/mol. The molecule has 7 nitrogen and oxygen atoms in total. The molecule has 4 aromatic carbocycles. The second-order valence-electron chi connectivity index (χ2n) is 8.88. The molecule has 0 aliphatic heterocycles. The molecule has 0 atom stereocenters. The smallest absolute Gasteiger partial charge is 0.261 e. The van der Waals surface area contributed by atoms with Crippen LogP contribution in [-0.2, 0) is 13.0 Å². The molecule has 0 aliphatic rings. The highest BCUT2D eigenvalue weighted by atomic mass is 16.5. The summed E-state index contributed by atoms with van der Waals surface area (Å²) in [5, 5.41) is 5.07. The van der Waals surface area contributed by atoms with Crippen LogP contribution in [0, 0.1) is 0 Å². The second-order valence-corrected chi connectivity index (χ2v) is 8.88. The van der Waals surface area contributed by atoms with Crippen molar-refractivity contribution in [2.24, 2.45) is 0 Å². The van der Waals surface area contributed by atoms with Crippen LogP contribution in [0.2, 0.25) is 0 Å². The van der Waals surface area contributed by atoms with Gasteiger partial charge in [0.15, 0.2) is 5.65 Å². The molecule has 0 unspecified atom stereocenters. The molecule has 7 heteroatoms. The van der Waals surface area contributed by atoms with E-state index in [9.17, 15) is 4.79 Å². The number of fused-ring (bicyclic) bond motifs is 3. The summed E-state index contributed by atoms with van der Waals surface area (Å²) in [7, 11) is 1.65. The lowest BCUT2D eigenvalue weighted by molar-refractivity contribution is 0.102. The van der Waals surface area contributed by atoms with Crippen molar-refractivity contribution in [3.63, 3.8) is 0 Å². The van der Waals surface area contributed by atoms with Gasteiger partial charge in [-0.3, -0.25) is 4.79 Å². The molecule has 0 aliphatic carbocycles. The van der Waals surface area contributed by atoms with Crippen molar-refractivity contribution in [1.82, 2.24) is 14.5 Å². The Morgan fingerprint density at radius 2 is 1.59 bits per heavy atom. The van der Waals surface area contributed by atoms with Crippen molar-refractivity contribution < 1.29 is 9.53 Å². The lowest BCUT2D eigenvalue weighted by atomic mass is 10.1. The predicted octanol–water partition coefficient (Wildman–Crippen LogP) is 5.82. The zero-order valence-electron chi connectivity index (χ0n) is 20.3. The van der Waals surface area contributed by atoms with Crippen LogP contribution in [0.1, 0.15) is 15.9 Å². The molecule has 3 N–H and O–H groups in total. The average molecular weight is 488 g/mol. The Morgan fingerprint density at radius 3 is 2.38 bits per heavy atom. The number of nitrogens with two attached hydrogens (primary N) is 1. The number of hydrogen-bond donors (Lipinski definition) is 2. The number of aromatic nitrogens is 3. The molecule has 0 fully saturated rings. The van der Waals surface area contributed by atoms with Crippen LogP contribution < -0.4 is 15.8 Å². The number of aryl methyl sites for hydroxylation is 2. The fourth-order valence-electron chi connectivity index (χ4n) is 4.72. The number of rotatable bonds is 6. The Bertz CT molecular complexity index is 1770. The summed E-state index contributed by atoms with van der Waals surface area (Å²) in [5.74, 6) is 0.836.